The summed E-state index contributed by atoms with van der Waals surface area (Å²) >= 11 is 0. The van der Waals surface area contributed by atoms with Crippen LogP contribution in [0.5, 0.6) is 0 Å². The monoisotopic (exact) mass is 196 g/mol. The van der Waals surface area contributed by atoms with Crippen molar-refractivity contribution in [1.82, 2.24) is 0 Å². The fraction of sp³-hybridized carbons (Fsp3) is 1.00. The van der Waals surface area contributed by atoms with Gasteiger partial charge in [0.25, 0.3) is 0 Å². The molecule has 0 aromatic rings. The van der Waals surface area contributed by atoms with Crippen LogP contribution in [-0.2, 0) is 0 Å². The second kappa shape index (κ2) is 4.22. The van der Waals surface area contributed by atoms with Crippen LogP contribution in [-0.4, -0.2) is 30.7 Å². The highest BCUT2D eigenvalue weighted by molar-refractivity contribution is 4.67. The Kier molecular flexibility index (Phi) is 3.16. The summed E-state index contributed by atoms with van der Waals surface area (Å²) in [5.41, 5.74) is 0. The molecule has 2 rings (SSSR count). The largest absolute Gasteiger partial charge is 0.323 e. The van der Waals surface area contributed by atoms with E-state index in [9.17, 15) is 0 Å². The highest BCUT2D eigenvalue weighted by atomic mass is 15.4. The van der Waals surface area contributed by atoms with Gasteiger partial charge in [-0.15, -0.1) is 0 Å². The van der Waals surface area contributed by atoms with E-state index in [0.717, 1.165) is 11.8 Å². The average Bonchev–Trinajstić information content (AvgIpc) is 2.27. The van der Waals surface area contributed by atoms with Crippen LogP contribution in [0, 0.1) is 11.8 Å². The minimum absolute atomic E-state index is 0.964. The Labute approximate surface area is 89.1 Å². The quantitative estimate of drug-likeness (QED) is 0.522. The molecule has 0 aromatic carbocycles. The van der Waals surface area contributed by atoms with E-state index >= 15 is 0 Å². The van der Waals surface area contributed by atoms with E-state index in [1.54, 1.807) is 0 Å². The molecular weight excluding hydrogens is 170 g/mol. The molecule has 1 spiro atoms. The molecule has 0 amide bonds. The number of nitrogens with zero attached hydrogens (tertiary/aromatic N) is 1. The molecule has 2 aliphatic heterocycles. The number of piperidine rings is 1. The molecule has 0 aromatic heterocycles. The molecule has 0 saturated carbocycles. The molecule has 0 radical (unpaired) electrons. The summed E-state index contributed by atoms with van der Waals surface area (Å²) in [5, 5.41) is 0. The lowest BCUT2D eigenvalue weighted by molar-refractivity contribution is -0.934. The minimum atomic E-state index is 0.964. The van der Waals surface area contributed by atoms with Crippen LogP contribution in [0.25, 0.3) is 0 Å². The van der Waals surface area contributed by atoms with Crippen molar-refractivity contribution in [3.63, 3.8) is 0 Å². The third-order valence-corrected chi connectivity index (χ3v) is 4.36. The SMILES string of the molecule is CC1CC[N+]2(CCCCC2)CC(C)C1. The first-order chi connectivity index (χ1) is 6.70. The molecule has 82 valence electrons. The Morgan fingerprint density at radius 3 is 2.29 bits per heavy atom. The number of hydrogen-bond donors (Lipinski definition) is 0. The Bertz CT molecular complexity index is 182. The molecule has 1 heteroatoms. The van der Waals surface area contributed by atoms with Crippen LogP contribution in [0.2, 0.25) is 0 Å². The van der Waals surface area contributed by atoms with Crippen LogP contribution < -0.4 is 0 Å². The molecule has 14 heavy (non-hydrogen) atoms. The summed E-state index contributed by atoms with van der Waals surface area (Å²) in [6, 6.07) is 0. The maximum Gasteiger partial charge on any atom is 0.0812 e. The minimum Gasteiger partial charge on any atom is -0.323 e. The third kappa shape index (κ3) is 2.31. The van der Waals surface area contributed by atoms with Crippen molar-refractivity contribution in [3.05, 3.63) is 0 Å². The molecule has 1 nitrogen and oxygen atoms in total. The van der Waals surface area contributed by atoms with Crippen molar-refractivity contribution in [2.75, 3.05) is 26.2 Å². The molecule has 2 aliphatic rings. The zero-order valence-electron chi connectivity index (χ0n) is 9.97. The third-order valence-electron chi connectivity index (χ3n) is 4.36. The maximum atomic E-state index is 2.47. The molecule has 0 N–H and O–H groups in total. The van der Waals surface area contributed by atoms with E-state index in [-0.39, 0.29) is 0 Å². The van der Waals surface area contributed by atoms with E-state index in [0.29, 0.717) is 0 Å². The summed E-state index contributed by atoms with van der Waals surface area (Å²) in [4.78, 5) is 0. The Hall–Kier alpha value is -0.0400. The molecule has 2 saturated heterocycles. The predicted molar refractivity (Wildman–Crippen MR) is 61.1 cm³/mol. The van der Waals surface area contributed by atoms with Gasteiger partial charge < -0.3 is 4.48 Å². The van der Waals surface area contributed by atoms with Crippen LogP contribution in [0.4, 0.5) is 0 Å². The Morgan fingerprint density at radius 1 is 0.857 bits per heavy atom. The second-order valence-corrected chi connectivity index (χ2v) is 5.99. The van der Waals surface area contributed by atoms with Crippen LogP contribution in [0.1, 0.15) is 46.0 Å². The smallest absolute Gasteiger partial charge is 0.0812 e. The second-order valence-electron chi connectivity index (χ2n) is 5.99. The van der Waals surface area contributed by atoms with Crippen molar-refractivity contribution in [3.8, 4) is 0 Å². The lowest BCUT2D eigenvalue weighted by Gasteiger charge is -2.42. The standard InChI is InChI=1S/C13H26N/c1-12-6-9-14(11-13(2)10-12)7-4-3-5-8-14/h12-13H,3-11H2,1-2H3/q+1. The van der Waals surface area contributed by atoms with Gasteiger partial charge in [-0.3, -0.25) is 0 Å². The van der Waals surface area contributed by atoms with Gasteiger partial charge in [0.15, 0.2) is 0 Å². The predicted octanol–water partition coefficient (Wildman–Crippen LogP) is 3.05. The highest BCUT2D eigenvalue weighted by Gasteiger charge is 2.34. The molecule has 2 atom stereocenters. The first kappa shape index (κ1) is 10.5. The van der Waals surface area contributed by atoms with E-state index in [4.69, 9.17) is 0 Å². The zero-order chi connectivity index (χ0) is 10.0. The maximum absolute atomic E-state index is 2.47. The van der Waals surface area contributed by atoms with Gasteiger partial charge in [-0.05, 0) is 38.0 Å². The van der Waals surface area contributed by atoms with Gasteiger partial charge in [-0.2, -0.15) is 0 Å². The zero-order valence-corrected chi connectivity index (χ0v) is 9.97. The van der Waals surface area contributed by atoms with E-state index in [1.165, 1.54) is 62.8 Å². The summed E-state index contributed by atoms with van der Waals surface area (Å²) in [5.74, 6) is 1.94. The number of quaternary nitrogens is 1. The molecule has 0 aliphatic carbocycles. The molecule has 2 fully saturated rings. The van der Waals surface area contributed by atoms with Crippen molar-refractivity contribution >= 4 is 0 Å². The Balaban J connectivity index is 2.02. The van der Waals surface area contributed by atoms with Gasteiger partial charge in [0.2, 0.25) is 0 Å². The molecule has 2 heterocycles. The fourth-order valence-corrected chi connectivity index (χ4v) is 3.72. The van der Waals surface area contributed by atoms with Crippen molar-refractivity contribution in [1.29, 1.82) is 0 Å². The normalized spacial score (nSPS) is 38.1. The Morgan fingerprint density at radius 2 is 1.57 bits per heavy atom. The van der Waals surface area contributed by atoms with Gasteiger partial charge in [-0.25, -0.2) is 0 Å². The molecule has 2 unspecified atom stereocenters. The van der Waals surface area contributed by atoms with Crippen LogP contribution in [0.15, 0.2) is 0 Å². The van der Waals surface area contributed by atoms with Gasteiger partial charge >= 0.3 is 0 Å². The highest BCUT2D eigenvalue weighted by Crippen LogP contribution is 2.29. The van der Waals surface area contributed by atoms with Crippen molar-refractivity contribution in [2.45, 2.75) is 46.0 Å². The molecule has 0 bridgehead atoms. The number of rotatable bonds is 0. The fourth-order valence-electron chi connectivity index (χ4n) is 3.72. The lowest BCUT2D eigenvalue weighted by atomic mass is 9.97. The molecular formula is C13H26N+. The van der Waals surface area contributed by atoms with E-state index in [1.807, 2.05) is 0 Å². The summed E-state index contributed by atoms with van der Waals surface area (Å²) in [6.45, 7) is 10.8. The first-order valence-electron chi connectivity index (χ1n) is 6.55. The average molecular weight is 196 g/mol. The lowest BCUT2D eigenvalue weighted by Crippen LogP contribution is -2.53. The van der Waals surface area contributed by atoms with Crippen LogP contribution >= 0.6 is 0 Å². The van der Waals surface area contributed by atoms with Gasteiger partial charge in [-0.1, -0.05) is 13.8 Å². The van der Waals surface area contributed by atoms with Crippen LogP contribution in [0.3, 0.4) is 0 Å². The summed E-state index contributed by atoms with van der Waals surface area (Å²) in [6.07, 6.45) is 7.41. The van der Waals surface area contributed by atoms with Gasteiger partial charge in [0.05, 0.1) is 26.2 Å². The topological polar surface area (TPSA) is 0 Å². The van der Waals surface area contributed by atoms with Crippen molar-refractivity contribution in [2.24, 2.45) is 11.8 Å². The summed E-state index contributed by atoms with van der Waals surface area (Å²) < 4.78 is 1.48. The van der Waals surface area contributed by atoms with Crippen molar-refractivity contribution < 1.29 is 4.48 Å². The summed E-state index contributed by atoms with van der Waals surface area (Å²) in [7, 11) is 0. The van der Waals surface area contributed by atoms with E-state index in [2.05, 4.69) is 13.8 Å². The van der Waals surface area contributed by atoms with Gasteiger partial charge in [0, 0.05) is 5.92 Å². The van der Waals surface area contributed by atoms with E-state index < -0.39 is 0 Å². The first-order valence-corrected chi connectivity index (χ1v) is 6.55. The number of hydrogen-bond acceptors (Lipinski definition) is 0. The van der Waals surface area contributed by atoms with Gasteiger partial charge in [0.1, 0.15) is 0 Å².